The van der Waals surface area contributed by atoms with Gasteiger partial charge in [0, 0.05) is 5.92 Å². The lowest BCUT2D eigenvalue weighted by atomic mass is 9.75. The predicted octanol–water partition coefficient (Wildman–Crippen LogP) is 3.66. The van der Waals surface area contributed by atoms with Crippen molar-refractivity contribution < 1.29 is 28.6 Å². The second-order valence-electron chi connectivity index (χ2n) is 6.57. The first kappa shape index (κ1) is 23.4. The van der Waals surface area contributed by atoms with Crippen LogP contribution in [-0.2, 0) is 28.6 Å². The van der Waals surface area contributed by atoms with Crippen LogP contribution in [0.15, 0.2) is 42.0 Å². The quantitative estimate of drug-likeness (QED) is 0.263. The normalized spacial score (nSPS) is 12.6. The Balaban J connectivity index is 3.56. The number of esters is 3. The summed E-state index contributed by atoms with van der Waals surface area (Å²) in [6, 6.07) is 8.99. The van der Waals surface area contributed by atoms with Crippen LogP contribution in [0.25, 0.3) is 0 Å². The summed E-state index contributed by atoms with van der Waals surface area (Å²) in [5.41, 5.74) is 1.69. The molecule has 0 saturated heterocycles. The van der Waals surface area contributed by atoms with Crippen molar-refractivity contribution in [3.05, 3.63) is 47.5 Å². The van der Waals surface area contributed by atoms with Gasteiger partial charge in [0.25, 0.3) is 0 Å². The lowest BCUT2D eigenvalue weighted by Crippen LogP contribution is -2.39. The SMILES string of the molecule is CCOC(=O)C(C(=O)OCC)[C@H](c1ccccc1)[C@H](CC=C(C)C)C(=O)OC. The Labute approximate surface area is 166 Å². The van der Waals surface area contributed by atoms with Crippen molar-refractivity contribution in [1.82, 2.24) is 0 Å². The first-order chi connectivity index (χ1) is 13.4. The van der Waals surface area contributed by atoms with Crippen LogP contribution in [0.2, 0.25) is 0 Å². The Bertz CT molecular complexity index is 658. The third-order valence-electron chi connectivity index (χ3n) is 4.34. The second-order valence-corrected chi connectivity index (χ2v) is 6.57. The molecule has 28 heavy (non-hydrogen) atoms. The first-order valence-corrected chi connectivity index (χ1v) is 9.46. The van der Waals surface area contributed by atoms with Crippen LogP contribution in [0, 0.1) is 11.8 Å². The zero-order chi connectivity index (χ0) is 21.1. The van der Waals surface area contributed by atoms with Crippen molar-refractivity contribution in [2.45, 2.75) is 40.0 Å². The summed E-state index contributed by atoms with van der Waals surface area (Å²) >= 11 is 0. The fourth-order valence-corrected chi connectivity index (χ4v) is 3.09. The van der Waals surface area contributed by atoms with E-state index in [-0.39, 0.29) is 13.2 Å². The molecule has 0 aromatic heterocycles. The van der Waals surface area contributed by atoms with Crippen molar-refractivity contribution in [1.29, 1.82) is 0 Å². The van der Waals surface area contributed by atoms with Gasteiger partial charge in [0.05, 0.1) is 26.2 Å². The highest BCUT2D eigenvalue weighted by Crippen LogP contribution is 2.37. The summed E-state index contributed by atoms with van der Waals surface area (Å²) in [7, 11) is 1.30. The molecule has 1 aromatic rings. The number of carbonyl (C=O) groups is 3. The fourth-order valence-electron chi connectivity index (χ4n) is 3.09. The molecule has 6 nitrogen and oxygen atoms in total. The van der Waals surface area contributed by atoms with E-state index in [1.54, 1.807) is 38.1 Å². The molecule has 154 valence electrons. The van der Waals surface area contributed by atoms with Crippen molar-refractivity contribution in [3.8, 4) is 0 Å². The number of hydrogen-bond acceptors (Lipinski definition) is 6. The Morgan fingerprint density at radius 1 is 0.929 bits per heavy atom. The number of benzene rings is 1. The monoisotopic (exact) mass is 390 g/mol. The fraction of sp³-hybridized carbons (Fsp3) is 0.500. The molecule has 0 spiro atoms. The summed E-state index contributed by atoms with van der Waals surface area (Å²) in [6.45, 7) is 7.40. The lowest BCUT2D eigenvalue weighted by Gasteiger charge is -2.30. The molecule has 1 rings (SSSR count). The summed E-state index contributed by atoms with van der Waals surface area (Å²) in [5.74, 6) is -4.70. The Morgan fingerprint density at radius 2 is 1.46 bits per heavy atom. The number of hydrogen-bond donors (Lipinski definition) is 0. The molecule has 0 aliphatic carbocycles. The Hall–Kier alpha value is -2.63. The van der Waals surface area contributed by atoms with E-state index in [1.165, 1.54) is 7.11 Å². The van der Waals surface area contributed by atoms with Crippen molar-refractivity contribution in [2.75, 3.05) is 20.3 Å². The maximum atomic E-state index is 12.7. The summed E-state index contributed by atoms with van der Waals surface area (Å²) in [6.07, 6.45) is 2.22. The molecule has 0 aliphatic rings. The maximum Gasteiger partial charge on any atom is 0.320 e. The topological polar surface area (TPSA) is 78.9 Å². The minimum atomic E-state index is -1.27. The molecule has 1 aromatic carbocycles. The van der Waals surface area contributed by atoms with Crippen LogP contribution in [0.3, 0.4) is 0 Å². The van der Waals surface area contributed by atoms with E-state index in [9.17, 15) is 14.4 Å². The number of rotatable bonds is 10. The molecule has 0 bridgehead atoms. The summed E-state index contributed by atoms with van der Waals surface area (Å²) in [4.78, 5) is 38.1. The third kappa shape index (κ3) is 6.51. The van der Waals surface area contributed by atoms with Crippen molar-refractivity contribution >= 4 is 17.9 Å². The average molecular weight is 390 g/mol. The van der Waals surface area contributed by atoms with Crippen LogP contribution >= 0.6 is 0 Å². The van der Waals surface area contributed by atoms with E-state index >= 15 is 0 Å². The third-order valence-corrected chi connectivity index (χ3v) is 4.34. The second kappa shape index (κ2) is 12.0. The van der Waals surface area contributed by atoms with Crippen molar-refractivity contribution in [3.63, 3.8) is 0 Å². The molecule has 0 unspecified atom stereocenters. The standard InChI is InChI=1S/C22H30O6/c1-6-27-21(24)19(22(25)28-7-2)18(16-11-9-8-10-12-16)17(20(23)26-5)14-13-15(3)4/h8-13,17-19H,6-7,14H2,1-5H3/t17-,18+/m0/s1. The Morgan fingerprint density at radius 3 is 1.89 bits per heavy atom. The van der Waals surface area contributed by atoms with Gasteiger partial charge in [-0.15, -0.1) is 0 Å². The minimum Gasteiger partial charge on any atom is -0.469 e. The number of ether oxygens (including phenoxy) is 3. The minimum absolute atomic E-state index is 0.118. The molecule has 0 saturated carbocycles. The molecule has 0 amide bonds. The number of carbonyl (C=O) groups excluding carboxylic acids is 3. The molecule has 0 fully saturated rings. The molecular weight excluding hydrogens is 360 g/mol. The van der Waals surface area contributed by atoms with Gasteiger partial charge in [-0.05, 0) is 39.7 Å². The van der Waals surface area contributed by atoms with E-state index in [4.69, 9.17) is 14.2 Å². The van der Waals surface area contributed by atoms with Gasteiger partial charge in [-0.25, -0.2) is 0 Å². The zero-order valence-electron chi connectivity index (χ0n) is 17.3. The molecule has 0 radical (unpaired) electrons. The molecule has 2 atom stereocenters. The molecule has 6 heteroatoms. The number of allylic oxidation sites excluding steroid dienone is 2. The van der Waals surface area contributed by atoms with E-state index in [1.807, 2.05) is 26.0 Å². The Kier molecular flexibility index (Phi) is 9.99. The van der Waals surface area contributed by atoms with E-state index in [2.05, 4.69) is 0 Å². The van der Waals surface area contributed by atoms with Gasteiger partial charge in [-0.2, -0.15) is 0 Å². The van der Waals surface area contributed by atoms with Gasteiger partial charge in [0.15, 0.2) is 5.92 Å². The average Bonchev–Trinajstić information content (AvgIpc) is 2.67. The van der Waals surface area contributed by atoms with Crippen LogP contribution in [0.1, 0.15) is 45.6 Å². The van der Waals surface area contributed by atoms with Gasteiger partial charge < -0.3 is 14.2 Å². The molecule has 0 heterocycles. The van der Waals surface area contributed by atoms with E-state index in [0.717, 1.165) is 5.57 Å². The van der Waals surface area contributed by atoms with Gasteiger partial charge in [0.1, 0.15) is 0 Å². The highest BCUT2D eigenvalue weighted by molar-refractivity contribution is 5.97. The number of methoxy groups -OCH3 is 1. The van der Waals surface area contributed by atoms with Crippen molar-refractivity contribution in [2.24, 2.45) is 11.8 Å². The molecular formula is C22H30O6. The van der Waals surface area contributed by atoms with Gasteiger partial charge >= 0.3 is 17.9 Å². The molecule has 0 N–H and O–H groups in total. The largest absolute Gasteiger partial charge is 0.469 e. The van der Waals surface area contributed by atoms with Crippen LogP contribution in [0.4, 0.5) is 0 Å². The smallest absolute Gasteiger partial charge is 0.320 e. The lowest BCUT2D eigenvalue weighted by molar-refractivity contribution is -0.164. The highest BCUT2D eigenvalue weighted by Gasteiger charge is 2.45. The van der Waals surface area contributed by atoms with Crippen LogP contribution in [-0.4, -0.2) is 38.2 Å². The zero-order valence-corrected chi connectivity index (χ0v) is 17.3. The maximum absolute atomic E-state index is 12.7. The van der Waals surface area contributed by atoms with Gasteiger partial charge in [-0.3, -0.25) is 14.4 Å². The van der Waals surface area contributed by atoms with E-state index < -0.39 is 35.7 Å². The van der Waals surface area contributed by atoms with Gasteiger partial charge in [-0.1, -0.05) is 42.0 Å². The van der Waals surface area contributed by atoms with E-state index in [0.29, 0.717) is 12.0 Å². The van der Waals surface area contributed by atoms with Crippen LogP contribution in [0.5, 0.6) is 0 Å². The van der Waals surface area contributed by atoms with Gasteiger partial charge in [0.2, 0.25) is 0 Å². The molecule has 0 aliphatic heterocycles. The first-order valence-electron chi connectivity index (χ1n) is 9.46. The summed E-state index contributed by atoms with van der Waals surface area (Å²) < 4.78 is 15.3. The highest BCUT2D eigenvalue weighted by atomic mass is 16.6. The van der Waals surface area contributed by atoms with Crippen LogP contribution < -0.4 is 0 Å². The predicted molar refractivity (Wildman–Crippen MR) is 105 cm³/mol. The summed E-state index contributed by atoms with van der Waals surface area (Å²) in [5, 5.41) is 0.